The van der Waals surface area contributed by atoms with Crippen LogP contribution in [0, 0.1) is 11.7 Å². The quantitative estimate of drug-likeness (QED) is 0.870. The topological polar surface area (TPSA) is 75.4 Å². The summed E-state index contributed by atoms with van der Waals surface area (Å²) in [5, 5.41) is 2.79. The van der Waals surface area contributed by atoms with Crippen molar-refractivity contribution in [2.24, 2.45) is 11.7 Å². The molecule has 1 heterocycles. The van der Waals surface area contributed by atoms with Gasteiger partial charge in [-0.15, -0.1) is 0 Å². The van der Waals surface area contributed by atoms with E-state index in [1.807, 2.05) is 0 Å². The van der Waals surface area contributed by atoms with Gasteiger partial charge in [0.15, 0.2) is 0 Å². The molecular weight excluding hydrogens is 285 g/mol. The van der Waals surface area contributed by atoms with Gasteiger partial charge in [0.25, 0.3) is 0 Å². The van der Waals surface area contributed by atoms with E-state index in [0.29, 0.717) is 51.0 Å². The summed E-state index contributed by atoms with van der Waals surface area (Å²) in [6, 6.07) is 5.71. The minimum absolute atomic E-state index is 0.0688. The van der Waals surface area contributed by atoms with Crippen molar-refractivity contribution in [3.8, 4) is 0 Å². The normalized spacial score (nSPS) is 15.6. The van der Waals surface area contributed by atoms with Crippen molar-refractivity contribution in [2.45, 2.75) is 25.7 Å². The fourth-order valence-corrected chi connectivity index (χ4v) is 2.58. The summed E-state index contributed by atoms with van der Waals surface area (Å²) in [6.45, 7) is 1.72. The zero-order valence-corrected chi connectivity index (χ0v) is 12.6. The van der Waals surface area contributed by atoms with Crippen molar-refractivity contribution in [3.63, 3.8) is 0 Å². The molecule has 3 N–H and O–H groups in total. The van der Waals surface area contributed by atoms with E-state index >= 15 is 0 Å². The second-order valence-electron chi connectivity index (χ2n) is 5.54. The number of nitrogens with one attached hydrogen (secondary N) is 1. The van der Waals surface area contributed by atoms with Crippen LogP contribution in [0.1, 0.15) is 25.7 Å². The second kappa shape index (κ2) is 7.89. The highest BCUT2D eigenvalue weighted by Gasteiger charge is 2.27. The number of likely N-dealkylation sites (tertiary alicyclic amines) is 1. The highest BCUT2D eigenvalue weighted by molar-refractivity contribution is 5.92. The SMILES string of the molecule is NCCCC(=O)N1CCC(C(=O)Nc2ccc(F)cc2)CC1. The minimum atomic E-state index is -0.331. The summed E-state index contributed by atoms with van der Waals surface area (Å²) in [4.78, 5) is 25.9. The van der Waals surface area contributed by atoms with Crippen LogP contribution in [0.5, 0.6) is 0 Å². The van der Waals surface area contributed by atoms with E-state index in [4.69, 9.17) is 5.73 Å². The van der Waals surface area contributed by atoms with Crippen LogP contribution in [0.2, 0.25) is 0 Å². The first-order valence-electron chi connectivity index (χ1n) is 7.64. The third-order valence-corrected chi connectivity index (χ3v) is 3.92. The lowest BCUT2D eigenvalue weighted by Gasteiger charge is -2.31. The van der Waals surface area contributed by atoms with Gasteiger partial charge in [0.1, 0.15) is 5.82 Å². The Morgan fingerprint density at radius 3 is 2.45 bits per heavy atom. The van der Waals surface area contributed by atoms with Crippen molar-refractivity contribution in [1.29, 1.82) is 0 Å². The Hall–Kier alpha value is -1.95. The summed E-state index contributed by atoms with van der Waals surface area (Å²) in [5.74, 6) is -0.394. The molecule has 2 amide bonds. The predicted octanol–water partition coefficient (Wildman–Crippen LogP) is 1.74. The van der Waals surface area contributed by atoms with Crippen LogP contribution >= 0.6 is 0 Å². The fourth-order valence-electron chi connectivity index (χ4n) is 2.58. The van der Waals surface area contributed by atoms with Crippen LogP contribution in [0.25, 0.3) is 0 Å². The van der Waals surface area contributed by atoms with Crippen molar-refractivity contribution in [3.05, 3.63) is 30.1 Å². The Balaban J connectivity index is 1.79. The van der Waals surface area contributed by atoms with Gasteiger partial charge in [0.05, 0.1) is 0 Å². The molecular formula is C16H22FN3O2. The number of nitrogens with two attached hydrogens (primary N) is 1. The monoisotopic (exact) mass is 307 g/mol. The van der Waals surface area contributed by atoms with E-state index in [9.17, 15) is 14.0 Å². The number of nitrogens with zero attached hydrogens (tertiary/aromatic N) is 1. The zero-order valence-electron chi connectivity index (χ0n) is 12.6. The average molecular weight is 307 g/mol. The Morgan fingerprint density at radius 2 is 1.86 bits per heavy atom. The minimum Gasteiger partial charge on any atom is -0.343 e. The van der Waals surface area contributed by atoms with Gasteiger partial charge in [-0.25, -0.2) is 4.39 Å². The van der Waals surface area contributed by atoms with Crippen LogP contribution in [0.4, 0.5) is 10.1 Å². The zero-order chi connectivity index (χ0) is 15.9. The molecule has 0 unspecified atom stereocenters. The number of hydrogen-bond acceptors (Lipinski definition) is 3. The molecule has 1 aliphatic heterocycles. The molecule has 0 aliphatic carbocycles. The highest BCUT2D eigenvalue weighted by Crippen LogP contribution is 2.20. The molecule has 1 aromatic carbocycles. The molecule has 5 nitrogen and oxygen atoms in total. The summed E-state index contributed by atoms with van der Waals surface area (Å²) in [7, 11) is 0. The Morgan fingerprint density at radius 1 is 1.23 bits per heavy atom. The number of anilines is 1. The molecule has 0 spiro atoms. The number of hydrogen-bond donors (Lipinski definition) is 2. The molecule has 0 atom stereocenters. The highest BCUT2D eigenvalue weighted by atomic mass is 19.1. The number of piperidine rings is 1. The van der Waals surface area contributed by atoms with E-state index in [2.05, 4.69) is 5.32 Å². The molecule has 2 rings (SSSR count). The van der Waals surface area contributed by atoms with Gasteiger partial charge < -0.3 is 16.0 Å². The first-order chi connectivity index (χ1) is 10.6. The summed E-state index contributed by atoms with van der Waals surface area (Å²) in [6.07, 6.45) is 2.48. The molecule has 1 fully saturated rings. The average Bonchev–Trinajstić information content (AvgIpc) is 2.55. The third-order valence-electron chi connectivity index (χ3n) is 3.92. The van der Waals surface area contributed by atoms with Crippen molar-refractivity contribution in [2.75, 3.05) is 25.0 Å². The Kier molecular flexibility index (Phi) is 5.89. The largest absolute Gasteiger partial charge is 0.343 e. The third kappa shape index (κ3) is 4.53. The van der Waals surface area contributed by atoms with Crippen LogP contribution < -0.4 is 11.1 Å². The number of carbonyl (C=O) groups excluding carboxylic acids is 2. The Bertz CT molecular complexity index is 511. The molecule has 0 bridgehead atoms. The van der Waals surface area contributed by atoms with Crippen LogP contribution in [0.15, 0.2) is 24.3 Å². The summed E-state index contributed by atoms with van der Waals surface area (Å²) in [5.41, 5.74) is 5.99. The standard InChI is InChI=1S/C16H22FN3O2/c17-13-3-5-14(6-4-13)19-16(22)12-7-10-20(11-8-12)15(21)2-1-9-18/h3-6,12H,1-2,7-11,18H2,(H,19,22). The molecule has 1 aromatic rings. The fraction of sp³-hybridized carbons (Fsp3) is 0.500. The lowest BCUT2D eigenvalue weighted by Crippen LogP contribution is -2.41. The van der Waals surface area contributed by atoms with Gasteiger partial charge in [0.2, 0.25) is 11.8 Å². The summed E-state index contributed by atoms with van der Waals surface area (Å²) < 4.78 is 12.8. The molecule has 22 heavy (non-hydrogen) atoms. The van der Waals surface area contributed by atoms with Gasteiger partial charge in [-0.1, -0.05) is 0 Å². The number of rotatable bonds is 5. The molecule has 0 aromatic heterocycles. The number of carbonyl (C=O) groups is 2. The molecule has 120 valence electrons. The summed E-state index contributed by atoms with van der Waals surface area (Å²) >= 11 is 0. The number of amides is 2. The van der Waals surface area contributed by atoms with Crippen LogP contribution in [0.3, 0.4) is 0 Å². The van der Waals surface area contributed by atoms with Gasteiger partial charge in [-0.2, -0.15) is 0 Å². The number of benzene rings is 1. The molecule has 0 saturated carbocycles. The maximum Gasteiger partial charge on any atom is 0.227 e. The lowest BCUT2D eigenvalue weighted by molar-refractivity contribution is -0.134. The lowest BCUT2D eigenvalue weighted by atomic mass is 9.95. The van der Waals surface area contributed by atoms with Crippen molar-refractivity contribution < 1.29 is 14.0 Å². The van der Waals surface area contributed by atoms with E-state index in [1.54, 1.807) is 17.0 Å². The smallest absolute Gasteiger partial charge is 0.227 e. The van der Waals surface area contributed by atoms with Crippen molar-refractivity contribution in [1.82, 2.24) is 4.90 Å². The maximum atomic E-state index is 12.8. The van der Waals surface area contributed by atoms with E-state index in [1.165, 1.54) is 12.1 Å². The van der Waals surface area contributed by atoms with Gasteiger partial charge in [-0.05, 0) is 50.1 Å². The molecule has 1 aliphatic rings. The number of halogens is 1. The Labute approximate surface area is 129 Å². The predicted molar refractivity (Wildman–Crippen MR) is 82.6 cm³/mol. The first kappa shape index (κ1) is 16.4. The molecule has 0 radical (unpaired) electrons. The van der Waals surface area contributed by atoms with Gasteiger partial charge in [-0.3, -0.25) is 9.59 Å². The second-order valence-corrected chi connectivity index (χ2v) is 5.54. The van der Waals surface area contributed by atoms with Crippen LogP contribution in [-0.4, -0.2) is 36.3 Å². The van der Waals surface area contributed by atoms with Crippen LogP contribution in [-0.2, 0) is 9.59 Å². The van der Waals surface area contributed by atoms with Crippen molar-refractivity contribution >= 4 is 17.5 Å². The van der Waals surface area contributed by atoms with E-state index in [-0.39, 0.29) is 23.5 Å². The van der Waals surface area contributed by atoms with Gasteiger partial charge >= 0.3 is 0 Å². The maximum absolute atomic E-state index is 12.8. The van der Waals surface area contributed by atoms with Gasteiger partial charge in [0, 0.05) is 31.1 Å². The van der Waals surface area contributed by atoms with E-state index in [0.717, 1.165) is 0 Å². The van der Waals surface area contributed by atoms with E-state index < -0.39 is 0 Å². The molecule has 6 heteroatoms. The first-order valence-corrected chi connectivity index (χ1v) is 7.64. The molecule has 1 saturated heterocycles.